The Morgan fingerprint density at radius 3 is 2.58 bits per heavy atom. The van der Waals surface area contributed by atoms with Crippen LogP contribution in [-0.2, 0) is 11.3 Å². The summed E-state index contributed by atoms with van der Waals surface area (Å²) in [5.74, 6) is 0.783. The zero-order chi connectivity index (χ0) is 23.2. The largest absolute Gasteiger partial charge is 0.378 e. The highest BCUT2D eigenvalue weighted by Crippen LogP contribution is 2.30. The number of nitrogens with zero attached hydrogens (tertiary/aromatic N) is 3. The minimum atomic E-state index is -0.535. The maximum absolute atomic E-state index is 11.9. The predicted octanol–water partition coefficient (Wildman–Crippen LogP) is 4.11. The van der Waals surface area contributed by atoms with E-state index in [0.29, 0.717) is 36.0 Å². The Labute approximate surface area is 197 Å². The monoisotopic (exact) mass is 464 g/mol. The van der Waals surface area contributed by atoms with E-state index < -0.39 is 5.91 Å². The minimum absolute atomic E-state index is 0.239. The number of nitrogens with one attached hydrogen (secondary N) is 2. The third kappa shape index (κ3) is 5.67. The molecule has 2 aromatic heterocycles. The normalized spacial score (nSPS) is 14.2. The van der Waals surface area contributed by atoms with E-state index in [2.05, 4.69) is 32.7 Å². The van der Waals surface area contributed by atoms with E-state index in [4.69, 9.17) is 5.73 Å². The first-order valence-electron chi connectivity index (χ1n) is 11.1. The quantitative estimate of drug-likeness (QED) is 0.462. The van der Waals surface area contributed by atoms with E-state index >= 15 is 0 Å². The number of likely N-dealkylation sites (tertiary alicyclic amines) is 1. The van der Waals surface area contributed by atoms with Crippen molar-refractivity contribution in [1.82, 2.24) is 14.9 Å². The summed E-state index contributed by atoms with van der Waals surface area (Å²) < 4.78 is 0. The van der Waals surface area contributed by atoms with Gasteiger partial charge in [-0.25, -0.2) is 9.97 Å². The lowest BCUT2D eigenvalue weighted by atomic mass is 9.89. The molecule has 0 bridgehead atoms. The topological polar surface area (TPSA) is 113 Å². The molecule has 0 unspecified atom stereocenters. The van der Waals surface area contributed by atoms with Gasteiger partial charge in [-0.1, -0.05) is 19.1 Å². The minimum Gasteiger partial charge on any atom is -0.378 e. The van der Waals surface area contributed by atoms with Gasteiger partial charge in [0.25, 0.3) is 5.91 Å². The number of amides is 2. The molecule has 172 valence electrons. The molecular weight excluding hydrogens is 436 g/mol. The van der Waals surface area contributed by atoms with Gasteiger partial charge in [0.05, 0.1) is 17.8 Å². The Bertz CT molecular complexity index is 1090. The van der Waals surface area contributed by atoms with Gasteiger partial charge in [-0.15, -0.1) is 11.3 Å². The summed E-state index contributed by atoms with van der Waals surface area (Å²) in [6, 6.07) is 10.1. The molecular formula is C24H28N6O2S. The number of carbonyl (C=O) groups excluding carboxylic acids is 2. The van der Waals surface area contributed by atoms with E-state index in [9.17, 15) is 9.59 Å². The predicted molar refractivity (Wildman–Crippen MR) is 131 cm³/mol. The summed E-state index contributed by atoms with van der Waals surface area (Å²) in [7, 11) is 0. The van der Waals surface area contributed by atoms with Gasteiger partial charge in [-0.05, 0) is 36.5 Å². The second kappa shape index (κ2) is 10.4. The van der Waals surface area contributed by atoms with Crippen LogP contribution in [0.25, 0.3) is 0 Å². The average Bonchev–Trinajstić information content (AvgIpc) is 3.36. The summed E-state index contributed by atoms with van der Waals surface area (Å²) in [5.41, 5.74) is 8.65. The fourth-order valence-corrected chi connectivity index (χ4v) is 4.61. The number of pyridine rings is 1. The third-order valence-electron chi connectivity index (χ3n) is 5.89. The summed E-state index contributed by atoms with van der Waals surface area (Å²) >= 11 is 1.54. The number of carbonyl (C=O) groups is 2. The van der Waals surface area contributed by atoms with Gasteiger partial charge in [-0.3, -0.25) is 9.59 Å². The molecule has 4 rings (SSSR count). The summed E-state index contributed by atoms with van der Waals surface area (Å²) in [5, 5.41) is 9.34. The van der Waals surface area contributed by atoms with Gasteiger partial charge in [0.2, 0.25) is 5.91 Å². The number of aromatic nitrogens is 2. The molecule has 0 radical (unpaired) electrons. The Balaban J connectivity index is 1.41. The number of nitrogens with two attached hydrogens (primary N) is 1. The molecule has 0 spiro atoms. The molecule has 2 amide bonds. The van der Waals surface area contributed by atoms with Crippen molar-refractivity contribution in [3.63, 3.8) is 0 Å². The van der Waals surface area contributed by atoms with E-state index in [1.165, 1.54) is 23.1 Å². The van der Waals surface area contributed by atoms with E-state index in [1.54, 1.807) is 12.3 Å². The van der Waals surface area contributed by atoms with Crippen LogP contribution in [0.1, 0.15) is 53.0 Å². The molecule has 33 heavy (non-hydrogen) atoms. The van der Waals surface area contributed by atoms with Crippen molar-refractivity contribution in [2.24, 2.45) is 5.73 Å². The molecule has 1 aliphatic rings. The lowest BCUT2D eigenvalue weighted by Gasteiger charge is -2.32. The van der Waals surface area contributed by atoms with Gasteiger partial charge >= 0.3 is 0 Å². The van der Waals surface area contributed by atoms with Gasteiger partial charge in [-0.2, -0.15) is 0 Å². The molecule has 8 nitrogen and oxygen atoms in total. The zero-order valence-electron chi connectivity index (χ0n) is 18.6. The van der Waals surface area contributed by atoms with Crippen LogP contribution >= 0.6 is 11.3 Å². The highest BCUT2D eigenvalue weighted by Gasteiger charge is 2.22. The molecule has 9 heteroatoms. The first-order valence-corrected chi connectivity index (χ1v) is 12.0. The number of primary amides is 1. The SMILES string of the molecule is CCC(=O)N1CCC(c2ccc(Nc3cc(NCc4nccs4)c(C(N)=O)cn3)cc2)CC1. The number of rotatable bonds is 8. The molecule has 0 atom stereocenters. The first kappa shape index (κ1) is 22.7. The molecule has 1 fully saturated rings. The fraction of sp³-hybridized carbons (Fsp3) is 0.333. The standard InChI is InChI=1S/C24H28N6O2S/c1-2-23(31)30-10-7-17(8-11-30)16-3-5-18(6-4-16)29-21-13-20(19(14-28-21)24(25)32)27-15-22-26-9-12-33-22/h3-6,9,12-14,17H,2,7-8,10-11,15H2,1H3,(H2,25,32)(H2,27,28,29). The number of anilines is 3. The van der Waals surface area contributed by atoms with E-state index in [-0.39, 0.29) is 5.91 Å². The molecule has 0 saturated carbocycles. The van der Waals surface area contributed by atoms with Crippen molar-refractivity contribution in [1.29, 1.82) is 0 Å². The Morgan fingerprint density at radius 2 is 1.94 bits per heavy atom. The van der Waals surface area contributed by atoms with Gasteiger partial charge in [0, 0.05) is 49.0 Å². The Morgan fingerprint density at radius 1 is 1.18 bits per heavy atom. The van der Waals surface area contributed by atoms with Crippen LogP contribution < -0.4 is 16.4 Å². The molecule has 4 N–H and O–H groups in total. The van der Waals surface area contributed by atoms with Crippen LogP contribution in [-0.4, -0.2) is 39.8 Å². The Hall–Kier alpha value is -3.46. The average molecular weight is 465 g/mol. The lowest BCUT2D eigenvalue weighted by molar-refractivity contribution is -0.131. The highest BCUT2D eigenvalue weighted by molar-refractivity contribution is 7.09. The van der Waals surface area contributed by atoms with Gasteiger partial charge in [0.1, 0.15) is 10.8 Å². The maximum Gasteiger partial charge on any atom is 0.252 e. The Kier molecular flexibility index (Phi) is 7.19. The van der Waals surface area contributed by atoms with Crippen LogP contribution in [0.3, 0.4) is 0 Å². The van der Waals surface area contributed by atoms with Crippen molar-refractivity contribution in [2.45, 2.75) is 38.6 Å². The van der Waals surface area contributed by atoms with Gasteiger partial charge in [0.15, 0.2) is 0 Å². The van der Waals surface area contributed by atoms with Crippen molar-refractivity contribution < 1.29 is 9.59 Å². The highest BCUT2D eigenvalue weighted by atomic mass is 32.1. The number of hydrogen-bond acceptors (Lipinski definition) is 7. The van der Waals surface area contributed by atoms with Crippen molar-refractivity contribution in [3.8, 4) is 0 Å². The summed E-state index contributed by atoms with van der Waals surface area (Å²) in [6.45, 7) is 4.06. The van der Waals surface area contributed by atoms with Crippen molar-refractivity contribution in [2.75, 3.05) is 23.7 Å². The van der Waals surface area contributed by atoms with Crippen molar-refractivity contribution >= 4 is 40.3 Å². The van der Waals surface area contributed by atoms with Gasteiger partial charge < -0.3 is 21.3 Å². The van der Waals surface area contributed by atoms with Crippen LogP contribution in [0.2, 0.25) is 0 Å². The number of hydrogen-bond donors (Lipinski definition) is 3. The first-order chi connectivity index (χ1) is 16.0. The van der Waals surface area contributed by atoms with Crippen molar-refractivity contribution in [3.05, 3.63) is 64.2 Å². The lowest BCUT2D eigenvalue weighted by Crippen LogP contribution is -2.37. The third-order valence-corrected chi connectivity index (χ3v) is 6.67. The zero-order valence-corrected chi connectivity index (χ0v) is 19.4. The summed E-state index contributed by atoms with van der Waals surface area (Å²) in [4.78, 5) is 34.3. The second-order valence-corrected chi connectivity index (χ2v) is 8.99. The molecule has 0 aliphatic carbocycles. The van der Waals surface area contributed by atoms with Crippen LogP contribution in [0.5, 0.6) is 0 Å². The number of benzene rings is 1. The molecule has 3 heterocycles. The van der Waals surface area contributed by atoms with E-state index in [1.807, 2.05) is 29.3 Å². The number of thiazole rings is 1. The number of piperidine rings is 1. The summed E-state index contributed by atoms with van der Waals surface area (Å²) in [6.07, 6.45) is 5.77. The molecule has 3 aromatic rings. The fourth-order valence-electron chi connectivity index (χ4n) is 4.05. The van der Waals surface area contributed by atoms with E-state index in [0.717, 1.165) is 36.6 Å². The van der Waals surface area contributed by atoms with Crippen LogP contribution in [0, 0.1) is 0 Å². The smallest absolute Gasteiger partial charge is 0.252 e. The second-order valence-electron chi connectivity index (χ2n) is 8.01. The van der Waals surface area contributed by atoms with Crippen LogP contribution in [0.15, 0.2) is 48.1 Å². The molecule has 1 aliphatic heterocycles. The molecule has 1 saturated heterocycles. The van der Waals surface area contributed by atoms with Crippen LogP contribution in [0.4, 0.5) is 17.2 Å². The molecule has 1 aromatic carbocycles. The maximum atomic E-state index is 11.9.